The molecule has 1 N–H and O–H groups in total. The average molecular weight is 335 g/mol. The molecule has 5 nitrogen and oxygen atoms in total. The molecule has 1 fully saturated rings. The van der Waals surface area contributed by atoms with Crippen molar-refractivity contribution in [1.82, 2.24) is 9.97 Å². The Hall–Kier alpha value is -1.60. The predicted octanol–water partition coefficient (Wildman–Crippen LogP) is 2.37. The maximum absolute atomic E-state index is 11.5. The maximum Gasteiger partial charge on any atom is 0.152 e. The van der Waals surface area contributed by atoms with Crippen LogP contribution in [0.15, 0.2) is 47.8 Å². The third-order valence-electron chi connectivity index (χ3n) is 3.43. The fourth-order valence-corrected chi connectivity index (χ4v) is 4.82. The molecule has 0 radical (unpaired) electrons. The van der Waals surface area contributed by atoms with E-state index in [4.69, 9.17) is 0 Å². The first-order chi connectivity index (χ1) is 10.6. The second-order valence-electron chi connectivity index (χ2n) is 5.26. The molecule has 116 valence electrons. The van der Waals surface area contributed by atoms with Crippen molar-refractivity contribution in [1.29, 1.82) is 0 Å². The summed E-state index contributed by atoms with van der Waals surface area (Å²) >= 11 is 1.61. The number of hydrogen-bond donors (Lipinski definition) is 1. The van der Waals surface area contributed by atoms with Gasteiger partial charge in [-0.25, -0.2) is 13.4 Å². The van der Waals surface area contributed by atoms with E-state index in [1.807, 2.05) is 18.2 Å². The van der Waals surface area contributed by atoms with Gasteiger partial charge in [0.1, 0.15) is 10.8 Å². The number of anilines is 1. The van der Waals surface area contributed by atoms with Gasteiger partial charge >= 0.3 is 0 Å². The van der Waals surface area contributed by atoms with Gasteiger partial charge in [0.05, 0.1) is 23.9 Å². The molecule has 1 unspecified atom stereocenters. The normalized spacial score (nSPS) is 19.9. The first-order valence-electron chi connectivity index (χ1n) is 7.06. The van der Waals surface area contributed by atoms with Crippen LogP contribution < -0.4 is 5.32 Å². The minimum absolute atomic E-state index is 0.0614. The van der Waals surface area contributed by atoms with Crippen molar-refractivity contribution in [3.8, 4) is 0 Å². The molecule has 0 spiro atoms. The van der Waals surface area contributed by atoms with Gasteiger partial charge in [0.25, 0.3) is 0 Å². The number of nitrogens with zero attached hydrogens (tertiary/aromatic N) is 2. The highest BCUT2D eigenvalue weighted by molar-refractivity contribution is 7.98. The maximum atomic E-state index is 11.5. The molecule has 3 rings (SSSR count). The van der Waals surface area contributed by atoms with Crippen LogP contribution in [0, 0.1) is 0 Å². The summed E-state index contributed by atoms with van der Waals surface area (Å²) in [4.78, 5) is 8.67. The zero-order valence-corrected chi connectivity index (χ0v) is 13.6. The first-order valence-corrected chi connectivity index (χ1v) is 9.87. The van der Waals surface area contributed by atoms with Crippen molar-refractivity contribution >= 4 is 27.4 Å². The molecule has 0 aliphatic carbocycles. The molecule has 0 bridgehead atoms. The number of nitrogens with one attached hydrogen (secondary N) is 1. The second kappa shape index (κ2) is 6.66. The van der Waals surface area contributed by atoms with E-state index < -0.39 is 9.84 Å². The molecule has 1 aromatic carbocycles. The van der Waals surface area contributed by atoms with Crippen molar-refractivity contribution < 1.29 is 8.42 Å². The Labute approximate surface area is 134 Å². The van der Waals surface area contributed by atoms with Gasteiger partial charge in [-0.3, -0.25) is 4.98 Å². The zero-order chi connectivity index (χ0) is 15.4. The highest BCUT2D eigenvalue weighted by Gasteiger charge is 2.27. The zero-order valence-electron chi connectivity index (χ0n) is 12.0. The fraction of sp³-hybridized carbons (Fsp3) is 0.333. The Morgan fingerprint density at radius 3 is 2.77 bits per heavy atom. The van der Waals surface area contributed by atoms with Crippen molar-refractivity contribution in [3.63, 3.8) is 0 Å². The number of benzene rings is 1. The Morgan fingerprint density at radius 2 is 2.05 bits per heavy atom. The molecular weight excluding hydrogens is 318 g/mol. The number of rotatable bonds is 5. The lowest BCUT2D eigenvalue weighted by atomic mass is 10.2. The van der Waals surface area contributed by atoms with E-state index in [-0.39, 0.29) is 17.5 Å². The average Bonchev–Trinajstić information content (AvgIpc) is 2.85. The summed E-state index contributed by atoms with van der Waals surface area (Å²) in [6.45, 7) is 0. The molecule has 0 saturated carbocycles. The molecule has 2 heterocycles. The summed E-state index contributed by atoms with van der Waals surface area (Å²) in [6.07, 6.45) is 3.99. The summed E-state index contributed by atoms with van der Waals surface area (Å²) in [5, 5.41) is 4.00. The van der Waals surface area contributed by atoms with Gasteiger partial charge in [-0.2, -0.15) is 0 Å². The molecule has 1 aromatic heterocycles. The number of hydrogen-bond acceptors (Lipinski definition) is 6. The van der Waals surface area contributed by atoms with Crippen LogP contribution in [0.3, 0.4) is 0 Å². The largest absolute Gasteiger partial charge is 0.365 e. The van der Waals surface area contributed by atoms with Crippen LogP contribution in [0.5, 0.6) is 0 Å². The van der Waals surface area contributed by atoms with Crippen molar-refractivity contribution in [2.24, 2.45) is 0 Å². The topological polar surface area (TPSA) is 72.0 Å². The summed E-state index contributed by atoms with van der Waals surface area (Å²) < 4.78 is 23.0. The Morgan fingerprint density at radius 1 is 1.23 bits per heavy atom. The van der Waals surface area contributed by atoms with Gasteiger partial charge in [-0.05, 0) is 12.0 Å². The van der Waals surface area contributed by atoms with E-state index in [1.165, 1.54) is 5.56 Å². The van der Waals surface area contributed by atoms with E-state index in [0.29, 0.717) is 12.2 Å². The van der Waals surface area contributed by atoms with Gasteiger partial charge in [0, 0.05) is 11.8 Å². The summed E-state index contributed by atoms with van der Waals surface area (Å²) in [5.41, 5.74) is 1.23. The van der Waals surface area contributed by atoms with E-state index in [9.17, 15) is 8.42 Å². The Balaban J connectivity index is 1.60. The predicted molar refractivity (Wildman–Crippen MR) is 88.7 cm³/mol. The molecule has 2 aromatic rings. The number of thioether (sulfide) groups is 1. The second-order valence-corrected chi connectivity index (χ2v) is 8.49. The minimum Gasteiger partial charge on any atom is -0.365 e. The highest BCUT2D eigenvalue weighted by Crippen LogP contribution is 2.22. The molecule has 7 heteroatoms. The van der Waals surface area contributed by atoms with Crippen LogP contribution >= 0.6 is 11.8 Å². The summed E-state index contributed by atoms with van der Waals surface area (Å²) in [5.74, 6) is 1.90. The highest BCUT2D eigenvalue weighted by atomic mass is 32.2. The van der Waals surface area contributed by atoms with Crippen LogP contribution in [0.2, 0.25) is 0 Å². The van der Waals surface area contributed by atoms with Crippen molar-refractivity contribution in [2.45, 2.75) is 23.2 Å². The lowest BCUT2D eigenvalue weighted by molar-refractivity contribution is 0.602. The standard InChI is InChI=1S/C15H17N3O2S2/c19-22(20)7-6-13(11-22)17-14-8-16-9-15(18-14)21-10-12-4-2-1-3-5-12/h1-5,8-9,13H,6-7,10-11H2,(H,17,18). The lowest BCUT2D eigenvalue weighted by Crippen LogP contribution is -2.21. The smallest absolute Gasteiger partial charge is 0.152 e. The van der Waals surface area contributed by atoms with E-state index in [1.54, 1.807) is 24.2 Å². The van der Waals surface area contributed by atoms with Gasteiger partial charge in [-0.1, -0.05) is 30.3 Å². The molecule has 22 heavy (non-hydrogen) atoms. The third-order valence-corrected chi connectivity index (χ3v) is 6.16. The van der Waals surface area contributed by atoms with Gasteiger partial charge in [-0.15, -0.1) is 11.8 Å². The molecule has 1 atom stereocenters. The van der Waals surface area contributed by atoms with Crippen LogP contribution in [-0.2, 0) is 15.6 Å². The monoisotopic (exact) mass is 335 g/mol. The van der Waals surface area contributed by atoms with Crippen LogP contribution in [0.1, 0.15) is 12.0 Å². The van der Waals surface area contributed by atoms with Crippen LogP contribution in [0.25, 0.3) is 0 Å². The Kier molecular flexibility index (Phi) is 4.63. The fourth-order valence-electron chi connectivity index (χ4n) is 2.34. The van der Waals surface area contributed by atoms with Gasteiger partial charge in [0.2, 0.25) is 0 Å². The molecule has 0 amide bonds. The lowest BCUT2D eigenvalue weighted by Gasteiger charge is -2.11. The van der Waals surface area contributed by atoms with Crippen molar-refractivity contribution in [3.05, 3.63) is 48.3 Å². The van der Waals surface area contributed by atoms with Gasteiger partial charge in [0.15, 0.2) is 9.84 Å². The third kappa shape index (κ3) is 4.20. The SMILES string of the molecule is O=S1(=O)CCC(Nc2cncc(SCc3ccccc3)n2)C1. The summed E-state index contributed by atoms with van der Waals surface area (Å²) in [6, 6.07) is 10.1. The Bertz CT molecular complexity index is 735. The molecule has 1 aliphatic heterocycles. The number of aromatic nitrogens is 2. The number of sulfone groups is 1. The molecular formula is C15H17N3O2S2. The van der Waals surface area contributed by atoms with Gasteiger partial charge < -0.3 is 5.32 Å². The van der Waals surface area contributed by atoms with Crippen molar-refractivity contribution in [2.75, 3.05) is 16.8 Å². The minimum atomic E-state index is -2.89. The van der Waals surface area contributed by atoms with Crippen LogP contribution in [-0.4, -0.2) is 35.9 Å². The quantitative estimate of drug-likeness (QED) is 0.846. The van der Waals surface area contributed by atoms with E-state index in [2.05, 4.69) is 27.4 Å². The van der Waals surface area contributed by atoms with E-state index in [0.717, 1.165) is 10.8 Å². The van der Waals surface area contributed by atoms with Crippen LogP contribution in [0.4, 0.5) is 5.82 Å². The van der Waals surface area contributed by atoms with E-state index >= 15 is 0 Å². The molecule has 1 aliphatic rings. The first kappa shape index (κ1) is 15.3. The molecule has 1 saturated heterocycles. The summed E-state index contributed by atoms with van der Waals surface area (Å²) in [7, 11) is -2.89.